The number of carbonyl (C=O) groups is 1. The molecule has 0 aromatic heterocycles. The van der Waals surface area contributed by atoms with Crippen LogP contribution in [0.15, 0.2) is 29.2 Å². The molecule has 29 heavy (non-hydrogen) atoms. The molecule has 0 spiro atoms. The zero-order valence-electron chi connectivity index (χ0n) is 14.8. The number of hydrogen-bond acceptors (Lipinski definition) is 3. The summed E-state index contributed by atoms with van der Waals surface area (Å²) in [4.78, 5) is 12.0. The van der Waals surface area contributed by atoms with Gasteiger partial charge in [-0.1, -0.05) is 0 Å². The minimum absolute atomic E-state index is 0.0113. The monoisotopic (exact) mass is 434 g/mol. The Morgan fingerprint density at radius 2 is 1.34 bits per heavy atom. The van der Waals surface area contributed by atoms with Gasteiger partial charge in [0.2, 0.25) is 21.7 Å². The fourth-order valence-electron chi connectivity index (χ4n) is 2.96. The summed E-state index contributed by atoms with van der Waals surface area (Å²) < 4.78 is 93.0. The molecule has 1 heterocycles. The van der Waals surface area contributed by atoms with Crippen molar-refractivity contribution in [2.24, 2.45) is 0 Å². The van der Waals surface area contributed by atoms with Gasteiger partial charge in [-0.2, -0.15) is 4.31 Å². The minimum Gasteiger partial charge on any atom is -0.326 e. The molecule has 0 unspecified atom stereocenters. The summed E-state index contributed by atoms with van der Waals surface area (Å²) in [7, 11) is -3.65. The highest BCUT2D eigenvalue weighted by molar-refractivity contribution is 7.89. The van der Waals surface area contributed by atoms with E-state index in [9.17, 15) is 35.2 Å². The Balaban J connectivity index is 1.74. The Kier molecular flexibility index (Phi) is 5.90. The number of amides is 1. The van der Waals surface area contributed by atoms with Gasteiger partial charge in [-0.15, -0.1) is 0 Å². The quantitative estimate of drug-likeness (QED) is 0.446. The van der Waals surface area contributed by atoms with Crippen molar-refractivity contribution >= 4 is 21.6 Å². The molecule has 1 aliphatic heterocycles. The van der Waals surface area contributed by atoms with Crippen LogP contribution in [0.4, 0.5) is 27.6 Å². The second kappa shape index (κ2) is 8.07. The first-order valence-corrected chi connectivity index (χ1v) is 9.97. The van der Waals surface area contributed by atoms with E-state index >= 15 is 0 Å². The number of sulfonamides is 1. The van der Waals surface area contributed by atoms with Crippen LogP contribution in [0.2, 0.25) is 0 Å². The normalized spacial score (nSPS) is 14.9. The number of anilines is 1. The molecule has 2 aromatic carbocycles. The highest BCUT2D eigenvalue weighted by atomic mass is 32.2. The molecule has 11 heteroatoms. The van der Waals surface area contributed by atoms with Gasteiger partial charge in [0.15, 0.2) is 23.3 Å². The smallest absolute Gasteiger partial charge is 0.243 e. The van der Waals surface area contributed by atoms with E-state index in [2.05, 4.69) is 5.32 Å². The van der Waals surface area contributed by atoms with Crippen LogP contribution in [0.25, 0.3) is 0 Å². The standard InChI is InChI=1S/C18H15F5N2O3S/c19-14-12(15(20)17(22)18(23)16(14)21)9-13(26)24-10-3-5-11(6-4-10)29(27,28)25-7-1-2-8-25/h3-6H,1-2,7-9H2,(H,24,26). The molecule has 1 N–H and O–H groups in total. The lowest BCUT2D eigenvalue weighted by atomic mass is 10.1. The lowest BCUT2D eigenvalue weighted by molar-refractivity contribution is -0.115. The topological polar surface area (TPSA) is 66.5 Å². The van der Waals surface area contributed by atoms with E-state index in [4.69, 9.17) is 0 Å². The molecular weight excluding hydrogens is 419 g/mol. The Labute approximate surface area is 163 Å². The molecule has 2 aromatic rings. The maximum absolute atomic E-state index is 13.7. The first-order valence-electron chi connectivity index (χ1n) is 8.53. The highest BCUT2D eigenvalue weighted by Crippen LogP contribution is 2.25. The summed E-state index contributed by atoms with van der Waals surface area (Å²) in [5.41, 5.74) is -1.16. The molecule has 0 atom stereocenters. The van der Waals surface area contributed by atoms with Gasteiger partial charge in [0, 0.05) is 24.3 Å². The number of rotatable bonds is 5. The summed E-state index contributed by atoms with van der Waals surface area (Å²) in [5.74, 6) is -11.8. The van der Waals surface area contributed by atoms with Crippen molar-refractivity contribution < 1.29 is 35.2 Å². The van der Waals surface area contributed by atoms with Gasteiger partial charge in [-0.25, -0.2) is 30.4 Å². The molecule has 156 valence electrons. The molecule has 1 saturated heterocycles. The van der Waals surface area contributed by atoms with Gasteiger partial charge < -0.3 is 5.32 Å². The van der Waals surface area contributed by atoms with Crippen molar-refractivity contribution in [2.45, 2.75) is 24.2 Å². The van der Waals surface area contributed by atoms with Crippen molar-refractivity contribution in [3.63, 3.8) is 0 Å². The average Bonchev–Trinajstić information content (AvgIpc) is 3.24. The zero-order valence-corrected chi connectivity index (χ0v) is 15.6. The van der Waals surface area contributed by atoms with Crippen LogP contribution in [0, 0.1) is 29.1 Å². The predicted octanol–water partition coefficient (Wildman–Crippen LogP) is 3.35. The van der Waals surface area contributed by atoms with Gasteiger partial charge >= 0.3 is 0 Å². The van der Waals surface area contributed by atoms with E-state index in [0.29, 0.717) is 13.1 Å². The Bertz CT molecular complexity index is 1020. The maximum atomic E-state index is 13.7. The average molecular weight is 434 g/mol. The predicted molar refractivity (Wildman–Crippen MR) is 93.0 cm³/mol. The van der Waals surface area contributed by atoms with Gasteiger partial charge in [-0.3, -0.25) is 4.79 Å². The number of hydrogen-bond donors (Lipinski definition) is 1. The lowest BCUT2D eigenvalue weighted by Crippen LogP contribution is -2.27. The third kappa shape index (κ3) is 4.10. The minimum atomic E-state index is -3.65. The molecular formula is C18H15F5N2O3S. The van der Waals surface area contributed by atoms with Crippen LogP contribution in [0.5, 0.6) is 0 Å². The molecule has 1 aliphatic rings. The zero-order chi connectivity index (χ0) is 21.3. The van der Waals surface area contributed by atoms with Crippen molar-refractivity contribution in [2.75, 3.05) is 18.4 Å². The Hall–Kier alpha value is -2.53. The molecule has 0 bridgehead atoms. The molecule has 1 fully saturated rings. The van der Waals surface area contributed by atoms with Gasteiger partial charge in [0.25, 0.3) is 0 Å². The van der Waals surface area contributed by atoms with Crippen LogP contribution in [0.3, 0.4) is 0 Å². The van der Waals surface area contributed by atoms with Crippen molar-refractivity contribution in [1.29, 1.82) is 0 Å². The molecule has 1 amide bonds. The number of carbonyl (C=O) groups excluding carboxylic acids is 1. The van der Waals surface area contributed by atoms with E-state index in [0.717, 1.165) is 12.8 Å². The van der Waals surface area contributed by atoms with Crippen LogP contribution in [0.1, 0.15) is 18.4 Å². The summed E-state index contributed by atoms with van der Waals surface area (Å²) in [6.45, 7) is 0.839. The van der Waals surface area contributed by atoms with Gasteiger partial charge in [0.05, 0.1) is 11.3 Å². The van der Waals surface area contributed by atoms with E-state index in [-0.39, 0.29) is 10.6 Å². The SMILES string of the molecule is O=C(Cc1c(F)c(F)c(F)c(F)c1F)Nc1ccc(S(=O)(=O)N2CCCC2)cc1. The summed E-state index contributed by atoms with van der Waals surface area (Å²) in [6, 6.07) is 5.03. The fraction of sp³-hybridized carbons (Fsp3) is 0.278. The van der Waals surface area contributed by atoms with Crippen molar-refractivity contribution in [3.8, 4) is 0 Å². The highest BCUT2D eigenvalue weighted by Gasteiger charge is 2.28. The summed E-state index contributed by atoms with van der Waals surface area (Å²) in [6.07, 6.45) is 0.440. The Morgan fingerprint density at radius 3 is 1.86 bits per heavy atom. The first-order chi connectivity index (χ1) is 13.6. The number of nitrogens with one attached hydrogen (secondary N) is 1. The molecule has 5 nitrogen and oxygen atoms in total. The van der Waals surface area contributed by atoms with Gasteiger partial charge in [-0.05, 0) is 37.1 Å². The van der Waals surface area contributed by atoms with Crippen molar-refractivity contribution in [3.05, 3.63) is 58.9 Å². The molecule has 0 aliphatic carbocycles. The molecule has 3 rings (SSSR count). The third-order valence-electron chi connectivity index (χ3n) is 4.48. The summed E-state index contributed by atoms with van der Waals surface area (Å²) >= 11 is 0. The third-order valence-corrected chi connectivity index (χ3v) is 6.39. The second-order valence-electron chi connectivity index (χ2n) is 6.41. The van der Waals surface area contributed by atoms with Crippen LogP contribution in [-0.2, 0) is 21.2 Å². The van der Waals surface area contributed by atoms with Crippen LogP contribution in [-0.4, -0.2) is 31.7 Å². The lowest BCUT2D eigenvalue weighted by Gasteiger charge is -2.15. The number of halogens is 5. The largest absolute Gasteiger partial charge is 0.326 e. The van der Waals surface area contributed by atoms with Gasteiger partial charge in [0.1, 0.15) is 0 Å². The summed E-state index contributed by atoms with van der Waals surface area (Å²) in [5, 5.41) is 2.23. The number of benzene rings is 2. The maximum Gasteiger partial charge on any atom is 0.243 e. The second-order valence-corrected chi connectivity index (χ2v) is 8.35. The van der Waals surface area contributed by atoms with E-state index in [1.165, 1.54) is 28.6 Å². The molecule has 0 radical (unpaired) electrons. The molecule has 0 saturated carbocycles. The Morgan fingerprint density at radius 1 is 0.862 bits per heavy atom. The van der Waals surface area contributed by atoms with Crippen molar-refractivity contribution in [1.82, 2.24) is 4.31 Å². The van der Waals surface area contributed by atoms with E-state index in [1.54, 1.807) is 0 Å². The van der Waals surface area contributed by atoms with E-state index < -0.39 is 57.0 Å². The van der Waals surface area contributed by atoms with Crippen LogP contribution >= 0.6 is 0 Å². The number of nitrogens with zero attached hydrogens (tertiary/aromatic N) is 1. The van der Waals surface area contributed by atoms with E-state index in [1.807, 2.05) is 0 Å². The van der Waals surface area contributed by atoms with Crippen LogP contribution < -0.4 is 5.32 Å². The first kappa shape index (κ1) is 21.2. The fourth-order valence-corrected chi connectivity index (χ4v) is 4.48.